The van der Waals surface area contributed by atoms with Gasteiger partial charge >= 0.3 is 11.9 Å². The van der Waals surface area contributed by atoms with Crippen LogP contribution in [0.5, 0.6) is 0 Å². The lowest BCUT2D eigenvalue weighted by Gasteiger charge is -2.50. The van der Waals surface area contributed by atoms with E-state index in [0.29, 0.717) is 12.8 Å². The maximum absolute atomic E-state index is 13.4. The smallest absolute Gasteiger partial charge is 0.340 e. The van der Waals surface area contributed by atoms with Crippen LogP contribution in [0.15, 0.2) is 0 Å². The first kappa shape index (κ1) is 27.3. The minimum absolute atomic E-state index is 0.263. The number of rotatable bonds is 13. The Morgan fingerprint density at radius 2 is 0.929 bits per heavy atom. The second-order valence-corrected chi connectivity index (χ2v) is 17.9. The van der Waals surface area contributed by atoms with Crippen LogP contribution in [0.4, 0.5) is 0 Å². The summed E-state index contributed by atoms with van der Waals surface area (Å²) in [6, 6.07) is 0. The Labute approximate surface area is 173 Å². The molecular weight excluding hydrogens is 392 g/mol. The van der Waals surface area contributed by atoms with E-state index >= 15 is 0 Å². The fourth-order valence-corrected chi connectivity index (χ4v) is 6.13. The molecule has 166 valence electrons. The van der Waals surface area contributed by atoms with Crippen LogP contribution in [0.25, 0.3) is 0 Å². The molecule has 2 atom stereocenters. The molecule has 0 saturated heterocycles. The molecule has 0 aliphatic heterocycles. The van der Waals surface area contributed by atoms with Crippen molar-refractivity contribution in [1.82, 2.24) is 0 Å². The van der Waals surface area contributed by atoms with E-state index in [1.807, 2.05) is 67.0 Å². The topological polar surface area (TPSA) is 71.1 Å². The van der Waals surface area contributed by atoms with Crippen LogP contribution in [0, 0.1) is 0 Å². The van der Waals surface area contributed by atoms with Gasteiger partial charge in [-0.2, -0.15) is 0 Å². The van der Waals surface area contributed by atoms with Crippen LogP contribution in [0.3, 0.4) is 0 Å². The molecule has 0 fully saturated rings. The molecule has 0 aliphatic carbocycles. The highest BCUT2D eigenvalue weighted by molar-refractivity contribution is 6.70. The molecule has 0 aliphatic rings. The molecule has 0 heterocycles. The van der Waals surface area contributed by atoms with Crippen molar-refractivity contribution in [3.8, 4) is 0 Å². The molecule has 0 bridgehead atoms. The fourth-order valence-electron chi connectivity index (χ4n) is 3.25. The third-order valence-corrected chi connectivity index (χ3v) is 6.06. The first-order valence-corrected chi connectivity index (χ1v) is 17.3. The van der Waals surface area contributed by atoms with Crippen molar-refractivity contribution in [3.63, 3.8) is 0 Å². The Hall–Kier alpha value is -0.706. The first-order valence-electron chi connectivity index (χ1n) is 10.5. The van der Waals surface area contributed by atoms with Crippen molar-refractivity contribution in [2.24, 2.45) is 0 Å². The van der Waals surface area contributed by atoms with Crippen LogP contribution in [-0.4, -0.2) is 53.0 Å². The lowest BCUT2D eigenvalue weighted by Crippen LogP contribution is -2.70. The third kappa shape index (κ3) is 6.97. The summed E-state index contributed by atoms with van der Waals surface area (Å²) in [6.45, 7) is 20.1. The van der Waals surface area contributed by atoms with Gasteiger partial charge in [0, 0.05) is 0 Å². The standard InChI is InChI=1S/C20H42O6Si2/c1-11-15-23-17(21)19(13-3,25-27(5,6)7)20(14-4,26-28(8,9)10)18(22)24-16-12-2/h11-16H2,1-10H3. The van der Waals surface area contributed by atoms with Crippen molar-refractivity contribution in [2.45, 2.75) is 104 Å². The Morgan fingerprint density at radius 1 is 0.643 bits per heavy atom. The first-order chi connectivity index (χ1) is 12.7. The molecule has 0 aromatic carbocycles. The van der Waals surface area contributed by atoms with Gasteiger partial charge in [-0.15, -0.1) is 0 Å². The molecule has 0 radical (unpaired) electrons. The summed E-state index contributed by atoms with van der Waals surface area (Å²) in [5, 5.41) is 0. The second-order valence-electron chi connectivity index (χ2n) is 9.06. The molecule has 0 aromatic heterocycles. The van der Waals surface area contributed by atoms with Crippen LogP contribution >= 0.6 is 0 Å². The van der Waals surface area contributed by atoms with Crippen LogP contribution in [0.1, 0.15) is 53.4 Å². The third-order valence-electron chi connectivity index (χ3n) is 4.14. The van der Waals surface area contributed by atoms with E-state index in [2.05, 4.69) is 0 Å². The highest BCUT2D eigenvalue weighted by atomic mass is 28.4. The summed E-state index contributed by atoms with van der Waals surface area (Å²) in [5.74, 6) is -1.07. The van der Waals surface area contributed by atoms with Crippen molar-refractivity contribution >= 4 is 28.6 Å². The maximum Gasteiger partial charge on any atom is 0.340 e. The van der Waals surface area contributed by atoms with Gasteiger partial charge in [0.15, 0.2) is 27.8 Å². The molecule has 28 heavy (non-hydrogen) atoms. The number of hydrogen-bond donors (Lipinski definition) is 0. The van der Waals surface area contributed by atoms with Crippen molar-refractivity contribution in [1.29, 1.82) is 0 Å². The van der Waals surface area contributed by atoms with Crippen LogP contribution in [0.2, 0.25) is 39.3 Å². The van der Waals surface area contributed by atoms with Gasteiger partial charge in [-0.1, -0.05) is 27.7 Å². The summed E-state index contributed by atoms with van der Waals surface area (Å²) in [5.41, 5.74) is -3.07. The zero-order valence-electron chi connectivity index (χ0n) is 19.7. The summed E-state index contributed by atoms with van der Waals surface area (Å²) in [7, 11) is -4.53. The van der Waals surface area contributed by atoms with Crippen molar-refractivity contribution in [2.75, 3.05) is 13.2 Å². The lowest BCUT2D eigenvalue weighted by molar-refractivity contribution is -0.207. The molecule has 0 rings (SSSR count). The van der Waals surface area contributed by atoms with Crippen LogP contribution < -0.4 is 0 Å². The van der Waals surface area contributed by atoms with Gasteiger partial charge in [-0.05, 0) is 65.0 Å². The fraction of sp³-hybridized carbons (Fsp3) is 0.900. The average Bonchev–Trinajstić information content (AvgIpc) is 2.58. The van der Waals surface area contributed by atoms with Gasteiger partial charge < -0.3 is 18.3 Å². The quantitative estimate of drug-likeness (QED) is 0.303. The Balaban J connectivity index is 6.69. The summed E-state index contributed by atoms with van der Waals surface area (Å²) < 4.78 is 24.1. The van der Waals surface area contributed by atoms with E-state index < -0.39 is 39.8 Å². The predicted molar refractivity (Wildman–Crippen MR) is 117 cm³/mol. The van der Waals surface area contributed by atoms with Gasteiger partial charge in [0.25, 0.3) is 0 Å². The minimum atomic E-state index is -2.27. The average molecular weight is 435 g/mol. The van der Waals surface area contributed by atoms with Gasteiger partial charge in [0.05, 0.1) is 13.2 Å². The number of hydrogen-bond acceptors (Lipinski definition) is 6. The van der Waals surface area contributed by atoms with Gasteiger partial charge in [0.2, 0.25) is 0 Å². The van der Waals surface area contributed by atoms with Gasteiger partial charge in [-0.25, -0.2) is 9.59 Å². The molecular formula is C20H42O6Si2. The van der Waals surface area contributed by atoms with Crippen molar-refractivity contribution in [3.05, 3.63) is 0 Å². The molecule has 2 unspecified atom stereocenters. The Bertz CT molecular complexity index is 466. The van der Waals surface area contributed by atoms with E-state index in [1.165, 1.54) is 0 Å². The molecule has 0 aromatic rings. The van der Waals surface area contributed by atoms with E-state index in [4.69, 9.17) is 18.3 Å². The predicted octanol–water partition coefficient (Wildman–Crippen LogP) is 4.89. The summed E-state index contributed by atoms with van der Waals surface area (Å²) >= 11 is 0. The van der Waals surface area contributed by atoms with Crippen molar-refractivity contribution < 1.29 is 27.9 Å². The highest BCUT2D eigenvalue weighted by Crippen LogP contribution is 2.42. The van der Waals surface area contributed by atoms with Crippen LogP contribution in [-0.2, 0) is 27.9 Å². The number of carbonyl (C=O) groups excluding carboxylic acids is 2. The van der Waals surface area contributed by atoms with E-state index in [9.17, 15) is 9.59 Å². The molecule has 0 spiro atoms. The normalized spacial score (nSPS) is 16.8. The number of carbonyl (C=O) groups is 2. The SMILES string of the molecule is CCCOC(=O)C(CC)(O[Si](C)(C)C)C(CC)(O[Si](C)(C)C)C(=O)OCCC. The lowest BCUT2D eigenvalue weighted by atomic mass is 9.78. The second kappa shape index (κ2) is 10.9. The summed E-state index contributed by atoms with van der Waals surface area (Å²) in [6.07, 6.45) is 1.90. The van der Waals surface area contributed by atoms with E-state index in [1.54, 1.807) is 0 Å². The Kier molecular flexibility index (Phi) is 10.6. The summed E-state index contributed by atoms with van der Waals surface area (Å²) in [4.78, 5) is 26.8. The number of ether oxygens (including phenoxy) is 2. The zero-order chi connectivity index (χ0) is 22.2. The Morgan fingerprint density at radius 3 is 1.11 bits per heavy atom. The van der Waals surface area contributed by atoms with Gasteiger partial charge in [-0.3, -0.25) is 0 Å². The molecule has 0 saturated carbocycles. The molecule has 8 heteroatoms. The highest BCUT2D eigenvalue weighted by Gasteiger charge is 2.65. The minimum Gasteiger partial charge on any atom is -0.464 e. The molecule has 0 N–H and O–H groups in total. The molecule has 6 nitrogen and oxygen atoms in total. The van der Waals surface area contributed by atoms with E-state index in [-0.39, 0.29) is 26.1 Å². The maximum atomic E-state index is 13.4. The monoisotopic (exact) mass is 434 g/mol. The van der Waals surface area contributed by atoms with Gasteiger partial charge in [0.1, 0.15) is 0 Å². The molecule has 0 amide bonds. The largest absolute Gasteiger partial charge is 0.464 e. The zero-order valence-corrected chi connectivity index (χ0v) is 21.7. The van der Waals surface area contributed by atoms with E-state index in [0.717, 1.165) is 0 Å². The number of esters is 2.